The highest BCUT2D eigenvalue weighted by Gasteiger charge is 2.14. The Hall–Kier alpha value is -2.80. The average Bonchev–Trinajstić information content (AvgIpc) is 2.71. The third kappa shape index (κ3) is 4.54. The van der Waals surface area contributed by atoms with Gasteiger partial charge in [0.15, 0.2) is 0 Å². The van der Waals surface area contributed by atoms with Gasteiger partial charge >= 0.3 is 0 Å². The van der Waals surface area contributed by atoms with Gasteiger partial charge in [-0.1, -0.05) is 43.8 Å². The first-order chi connectivity index (χ1) is 13.5. The van der Waals surface area contributed by atoms with Crippen molar-refractivity contribution in [1.29, 1.82) is 0 Å². The molecular weight excluding hydrogens is 374 g/mol. The van der Waals surface area contributed by atoms with Gasteiger partial charge in [-0.3, -0.25) is 4.79 Å². The van der Waals surface area contributed by atoms with Gasteiger partial charge in [-0.15, -0.1) is 0 Å². The molecule has 1 aromatic heterocycles. The number of aromatic nitrogens is 2. The summed E-state index contributed by atoms with van der Waals surface area (Å²) in [7, 11) is 3.14. The van der Waals surface area contributed by atoms with Crippen molar-refractivity contribution in [1.82, 2.24) is 9.97 Å². The fraction of sp³-hybridized carbons (Fsp3) is 0.286. The monoisotopic (exact) mass is 397 g/mol. The number of carbonyl (C=O) groups excluding carboxylic acids is 1. The molecule has 0 saturated carbocycles. The molecule has 146 valence electrons. The zero-order chi connectivity index (χ0) is 20.1. The number of benzene rings is 2. The standard InChI is InChI=1S/C21H23N3O3S/c1-13(2)20-23-16-8-6-5-7-15(16)21(24-20)28-12-19(25)22-17-10-9-14(26-3)11-18(17)27-4/h5-11,13H,12H2,1-4H3,(H,22,25). The van der Waals surface area contributed by atoms with Crippen LogP contribution in [0, 0.1) is 0 Å². The maximum Gasteiger partial charge on any atom is 0.234 e. The molecule has 0 fully saturated rings. The van der Waals surface area contributed by atoms with Crippen LogP contribution in [0.4, 0.5) is 5.69 Å². The smallest absolute Gasteiger partial charge is 0.234 e. The van der Waals surface area contributed by atoms with E-state index in [-0.39, 0.29) is 17.6 Å². The minimum Gasteiger partial charge on any atom is -0.497 e. The molecule has 2 aromatic carbocycles. The van der Waals surface area contributed by atoms with Crippen LogP contribution in [0.15, 0.2) is 47.5 Å². The lowest BCUT2D eigenvalue weighted by molar-refractivity contribution is -0.113. The topological polar surface area (TPSA) is 73.3 Å². The highest BCUT2D eigenvalue weighted by molar-refractivity contribution is 8.00. The van der Waals surface area contributed by atoms with Gasteiger partial charge in [0.2, 0.25) is 5.91 Å². The first-order valence-corrected chi connectivity index (χ1v) is 9.91. The molecule has 0 saturated heterocycles. The van der Waals surface area contributed by atoms with Gasteiger partial charge in [0.25, 0.3) is 0 Å². The number of carbonyl (C=O) groups is 1. The van der Waals surface area contributed by atoms with E-state index in [1.807, 2.05) is 24.3 Å². The van der Waals surface area contributed by atoms with E-state index >= 15 is 0 Å². The minimum absolute atomic E-state index is 0.137. The Morgan fingerprint density at radius 3 is 2.61 bits per heavy atom. The Labute approximate surface area is 168 Å². The summed E-state index contributed by atoms with van der Waals surface area (Å²) in [6.45, 7) is 4.11. The largest absolute Gasteiger partial charge is 0.497 e. The van der Waals surface area contributed by atoms with Crippen LogP contribution in [-0.4, -0.2) is 35.8 Å². The third-order valence-corrected chi connectivity index (χ3v) is 5.12. The number of nitrogens with zero attached hydrogens (tertiary/aromatic N) is 2. The number of methoxy groups -OCH3 is 2. The van der Waals surface area contributed by atoms with Gasteiger partial charge in [0.1, 0.15) is 22.3 Å². The summed E-state index contributed by atoms with van der Waals surface area (Å²) in [5.74, 6) is 2.29. The van der Waals surface area contributed by atoms with Crippen LogP contribution in [0.3, 0.4) is 0 Å². The summed E-state index contributed by atoms with van der Waals surface area (Å²) in [5, 5.41) is 4.65. The molecule has 1 N–H and O–H groups in total. The van der Waals surface area contributed by atoms with E-state index in [0.717, 1.165) is 21.8 Å². The maximum atomic E-state index is 12.5. The normalized spacial score (nSPS) is 10.9. The van der Waals surface area contributed by atoms with E-state index in [1.165, 1.54) is 11.8 Å². The van der Waals surface area contributed by atoms with Gasteiger partial charge in [0, 0.05) is 17.4 Å². The summed E-state index contributed by atoms with van der Waals surface area (Å²) in [5.41, 5.74) is 1.49. The van der Waals surface area contributed by atoms with Crippen molar-refractivity contribution >= 4 is 34.3 Å². The molecule has 0 radical (unpaired) electrons. The molecule has 0 atom stereocenters. The lowest BCUT2D eigenvalue weighted by Gasteiger charge is -2.12. The van der Waals surface area contributed by atoms with Crippen LogP contribution in [0.25, 0.3) is 10.9 Å². The Morgan fingerprint density at radius 1 is 1.11 bits per heavy atom. The van der Waals surface area contributed by atoms with E-state index < -0.39 is 0 Å². The predicted octanol–water partition coefficient (Wildman–Crippen LogP) is 4.50. The van der Waals surface area contributed by atoms with Crippen LogP contribution >= 0.6 is 11.8 Å². The zero-order valence-corrected chi connectivity index (χ0v) is 17.2. The quantitative estimate of drug-likeness (QED) is 0.467. The minimum atomic E-state index is -0.137. The van der Waals surface area contributed by atoms with Crippen molar-refractivity contribution in [2.24, 2.45) is 0 Å². The number of hydrogen-bond acceptors (Lipinski definition) is 6. The number of amides is 1. The average molecular weight is 398 g/mol. The van der Waals surface area contributed by atoms with Crippen molar-refractivity contribution in [2.45, 2.75) is 24.8 Å². The molecule has 0 unspecified atom stereocenters. The van der Waals surface area contributed by atoms with E-state index in [2.05, 4.69) is 29.1 Å². The van der Waals surface area contributed by atoms with Crippen molar-refractivity contribution in [3.63, 3.8) is 0 Å². The summed E-state index contributed by atoms with van der Waals surface area (Å²) >= 11 is 1.40. The molecule has 0 spiro atoms. The molecule has 0 aliphatic heterocycles. The molecular formula is C21H23N3O3S. The van der Waals surface area contributed by atoms with Crippen molar-refractivity contribution in [2.75, 3.05) is 25.3 Å². The molecule has 3 aromatic rings. The number of thioether (sulfide) groups is 1. The molecule has 28 heavy (non-hydrogen) atoms. The van der Waals surface area contributed by atoms with Gasteiger partial charge in [-0.25, -0.2) is 9.97 Å². The first kappa shape index (κ1) is 19.9. The molecule has 1 amide bonds. The second-order valence-electron chi connectivity index (χ2n) is 6.46. The third-order valence-electron chi connectivity index (χ3n) is 4.12. The Kier molecular flexibility index (Phi) is 6.36. The number of rotatable bonds is 7. The fourth-order valence-electron chi connectivity index (χ4n) is 2.65. The Morgan fingerprint density at radius 2 is 1.89 bits per heavy atom. The Balaban J connectivity index is 1.76. The number of anilines is 1. The SMILES string of the molecule is COc1ccc(NC(=O)CSc2nc(C(C)C)nc3ccccc23)c(OC)c1. The van der Waals surface area contributed by atoms with Crippen molar-refractivity contribution in [3.05, 3.63) is 48.3 Å². The van der Waals surface area contributed by atoms with E-state index in [4.69, 9.17) is 9.47 Å². The van der Waals surface area contributed by atoms with Crippen LogP contribution in [-0.2, 0) is 4.79 Å². The highest BCUT2D eigenvalue weighted by atomic mass is 32.2. The van der Waals surface area contributed by atoms with Crippen molar-refractivity contribution < 1.29 is 14.3 Å². The molecule has 0 aliphatic rings. The van der Waals surface area contributed by atoms with Gasteiger partial charge in [-0.05, 0) is 18.2 Å². The van der Waals surface area contributed by atoms with Crippen LogP contribution < -0.4 is 14.8 Å². The zero-order valence-electron chi connectivity index (χ0n) is 16.4. The van der Waals surface area contributed by atoms with Crippen molar-refractivity contribution in [3.8, 4) is 11.5 Å². The molecule has 0 bridgehead atoms. The molecule has 1 heterocycles. The number of ether oxygens (including phenoxy) is 2. The van der Waals surface area contributed by atoms with Crippen LogP contribution in [0.1, 0.15) is 25.6 Å². The Bertz CT molecular complexity index is 992. The van der Waals surface area contributed by atoms with Gasteiger partial charge < -0.3 is 14.8 Å². The molecule has 0 aliphatic carbocycles. The maximum absolute atomic E-state index is 12.5. The summed E-state index contributed by atoms with van der Waals surface area (Å²) in [6, 6.07) is 13.1. The van der Waals surface area contributed by atoms with E-state index in [0.29, 0.717) is 17.2 Å². The number of nitrogens with one attached hydrogen (secondary N) is 1. The van der Waals surface area contributed by atoms with Crippen LogP contribution in [0.5, 0.6) is 11.5 Å². The van der Waals surface area contributed by atoms with Gasteiger partial charge in [0.05, 0.1) is 31.2 Å². The second-order valence-corrected chi connectivity index (χ2v) is 7.43. The predicted molar refractivity (Wildman–Crippen MR) is 113 cm³/mol. The lowest BCUT2D eigenvalue weighted by atomic mass is 10.2. The second kappa shape index (κ2) is 8.93. The fourth-order valence-corrected chi connectivity index (χ4v) is 3.48. The summed E-state index contributed by atoms with van der Waals surface area (Å²) in [6.07, 6.45) is 0. The molecule has 7 heteroatoms. The number of para-hydroxylation sites is 1. The summed E-state index contributed by atoms with van der Waals surface area (Å²) < 4.78 is 10.5. The van der Waals surface area contributed by atoms with E-state index in [1.54, 1.807) is 32.4 Å². The molecule has 3 rings (SSSR count). The van der Waals surface area contributed by atoms with E-state index in [9.17, 15) is 4.79 Å². The number of fused-ring (bicyclic) bond motifs is 1. The highest BCUT2D eigenvalue weighted by Crippen LogP contribution is 2.30. The first-order valence-electron chi connectivity index (χ1n) is 8.93. The lowest BCUT2D eigenvalue weighted by Crippen LogP contribution is -2.15. The molecule has 6 nitrogen and oxygen atoms in total. The van der Waals surface area contributed by atoms with Gasteiger partial charge in [-0.2, -0.15) is 0 Å². The number of hydrogen-bond donors (Lipinski definition) is 1. The summed E-state index contributed by atoms with van der Waals surface area (Å²) in [4.78, 5) is 21.8. The van der Waals surface area contributed by atoms with Crippen LogP contribution in [0.2, 0.25) is 0 Å².